The van der Waals surface area contributed by atoms with Crippen molar-refractivity contribution in [1.82, 2.24) is 0 Å². The molecule has 0 radical (unpaired) electrons. The van der Waals surface area contributed by atoms with E-state index in [1.165, 1.54) is 12.1 Å². The maximum Gasteiger partial charge on any atom is 0.258 e. The number of benzene rings is 2. The average Bonchev–Trinajstić information content (AvgIpc) is 2.97. The summed E-state index contributed by atoms with van der Waals surface area (Å²) >= 11 is 0. The highest BCUT2D eigenvalue weighted by molar-refractivity contribution is 6.32. The number of hydrogen-bond donors (Lipinski definition) is 2. The molecule has 0 saturated heterocycles. The number of hydrogen-bond acceptors (Lipinski definition) is 2. The number of carbonyl (C=O) groups excluding carboxylic acids is 1. The Morgan fingerprint density at radius 2 is 1.85 bits per heavy atom. The van der Waals surface area contributed by atoms with E-state index in [1.54, 1.807) is 6.07 Å². The second kappa shape index (κ2) is 3.93. The largest absolute Gasteiger partial charge is 0.358 e. The summed E-state index contributed by atoms with van der Waals surface area (Å²) in [4.78, 5) is 12.1. The monoisotopic (exact) mass is 266 g/mol. The van der Waals surface area contributed by atoms with Gasteiger partial charge in [0.1, 0.15) is 5.82 Å². The molecule has 0 fully saturated rings. The molecule has 0 bridgehead atoms. The predicted molar refractivity (Wildman–Crippen MR) is 75.7 cm³/mol. The van der Waals surface area contributed by atoms with Crippen molar-refractivity contribution >= 4 is 22.9 Å². The molecule has 2 aromatic rings. The molecule has 0 aliphatic carbocycles. The molecule has 2 N–H and O–H groups in total. The van der Waals surface area contributed by atoms with Crippen LogP contribution in [0.15, 0.2) is 48.2 Å². The van der Waals surface area contributed by atoms with E-state index < -0.39 is 0 Å². The maximum atomic E-state index is 13.4. The first kappa shape index (κ1) is 11.2. The zero-order valence-corrected chi connectivity index (χ0v) is 10.5. The van der Waals surface area contributed by atoms with Crippen LogP contribution in [-0.4, -0.2) is 5.91 Å². The minimum Gasteiger partial charge on any atom is -0.358 e. The maximum absolute atomic E-state index is 13.4. The SMILES string of the molecule is O=C1Nc2ccc(F)cc2C1=C1Cc2ccccc2N1. The van der Waals surface area contributed by atoms with E-state index in [1.807, 2.05) is 24.3 Å². The standard InChI is InChI=1S/C16H11FN2O/c17-10-5-6-13-11(8-10)15(16(20)19-13)14-7-9-3-1-2-4-12(9)18-14/h1-6,8,18H,7H2,(H,19,20). The van der Waals surface area contributed by atoms with Gasteiger partial charge in [-0.2, -0.15) is 0 Å². The molecule has 0 atom stereocenters. The summed E-state index contributed by atoms with van der Waals surface area (Å²) in [5.74, 6) is -0.519. The molecule has 0 spiro atoms. The topological polar surface area (TPSA) is 41.1 Å². The van der Waals surface area contributed by atoms with Crippen molar-refractivity contribution in [1.29, 1.82) is 0 Å². The van der Waals surface area contributed by atoms with Gasteiger partial charge in [0.05, 0.1) is 5.57 Å². The third-order valence-corrected chi connectivity index (χ3v) is 3.70. The second-order valence-electron chi connectivity index (χ2n) is 4.96. The van der Waals surface area contributed by atoms with Crippen LogP contribution < -0.4 is 10.6 Å². The molecule has 2 aliphatic heterocycles. The summed E-state index contributed by atoms with van der Waals surface area (Å²) in [6.07, 6.45) is 0.662. The number of para-hydroxylation sites is 1. The summed E-state index contributed by atoms with van der Waals surface area (Å²) in [5.41, 5.74) is 4.81. The minimum atomic E-state index is -0.339. The van der Waals surface area contributed by atoms with Crippen LogP contribution in [0.2, 0.25) is 0 Å². The van der Waals surface area contributed by atoms with Crippen LogP contribution in [0.1, 0.15) is 11.1 Å². The van der Waals surface area contributed by atoms with Gasteiger partial charge in [0, 0.05) is 29.1 Å². The lowest BCUT2D eigenvalue weighted by Crippen LogP contribution is -2.08. The summed E-state index contributed by atoms with van der Waals surface area (Å²) in [5, 5.41) is 6.04. The van der Waals surface area contributed by atoms with Gasteiger partial charge in [-0.15, -0.1) is 0 Å². The number of fused-ring (bicyclic) bond motifs is 2. The molecule has 2 aliphatic rings. The van der Waals surface area contributed by atoms with Crippen molar-refractivity contribution in [3.05, 3.63) is 65.1 Å². The second-order valence-corrected chi connectivity index (χ2v) is 4.96. The molecular weight excluding hydrogens is 255 g/mol. The highest BCUT2D eigenvalue weighted by Crippen LogP contribution is 2.38. The Kier molecular flexibility index (Phi) is 2.21. The van der Waals surface area contributed by atoms with Gasteiger partial charge in [0.25, 0.3) is 5.91 Å². The Hall–Kier alpha value is -2.62. The molecule has 2 heterocycles. The van der Waals surface area contributed by atoms with Gasteiger partial charge in [-0.05, 0) is 29.8 Å². The van der Waals surface area contributed by atoms with Crippen molar-refractivity contribution in [2.24, 2.45) is 0 Å². The molecular formula is C16H11FN2O. The minimum absolute atomic E-state index is 0.180. The van der Waals surface area contributed by atoms with Crippen LogP contribution in [0.5, 0.6) is 0 Å². The lowest BCUT2D eigenvalue weighted by atomic mass is 10.0. The molecule has 0 unspecified atom stereocenters. The number of carbonyl (C=O) groups is 1. The molecule has 1 amide bonds. The highest BCUT2D eigenvalue weighted by atomic mass is 19.1. The molecule has 2 aromatic carbocycles. The Morgan fingerprint density at radius 1 is 1.00 bits per heavy atom. The van der Waals surface area contributed by atoms with Crippen molar-refractivity contribution in [2.75, 3.05) is 10.6 Å². The molecule has 4 heteroatoms. The van der Waals surface area contributed by atoms with Crippen molar-refractivity contribution in [3.63, 3.8) is 0 Å². The van der Waals surface area contributed by atoms with Crippen LogP contribution in [0.4, 0.5) is 15.8 Å². The fraction of sp³-hybridized carbons (Fsp3) is 0.0625. The van der Waals surface area contributed by atoms with Crippen LogP contribution >= 0.6 is 0 Å². The Bertz CT molecular complexity index is 753. The van der Waals surface area contributed by atoms with Gasteiger partial charge < -0.3 is 10.6 Å². The summed E-state index contributed by atoms with van der Waals surface area (Å²) in [7, 11) is 0. The highest BCUT2D eigenvalue weighted by Gasteiger charge is 2.30. The van der Waals surface area contributed by atoms with E-state index in [9.17, 15) is 9.18 Å². The summed E-state index contributed by atoms with van der Waals surface area (Å²) in [6.45, 7) is 0. The fourth-order valence-corrected chi connectivity index (χ4v) is 2.78. The Balaban J connectivity index is 1.87. The van der Waals surface area contributed by atoms with Gasteiger partial charge in [-0.25, -0.2) is 4.39 Å². The van der Waals surface area contributed by atoms with Crippen LogP contribution in [-0.2, 0) is 11.2 Å². The van der Waals surface area contributed by atoms with Gasteiger partial charge >= 0.3 is 0 Å². The van der Waals surface area contributed by atoms with Gasteiger partial charge in [0.2, 0.25) is 0 Å². The number of amides is 1. The van der Waals surface area contributed by atoms with E-state index in [0.717, 1.165) is 16.9 Å². The van der Waals surface area contributed by atoms with Gasteiger partial charge in [-0.3, -0.25) is 4.79 Å². The Morgan fingerprint density at radius 3 is 2.70 bits per heavy atom. The van der Waals surface area contributed by atoms with Crippen LogP contribution in [0.25, 0.3) is 5.57 Å². The number of halogens is 1. The lowest BCUT2D eigenvalue weighted by Gasteiger charge is -2.04. The average molecular weight is 266 g/mol. The van der Waals surface area contributed by atoms with E-state index in [2.05, 4.69) is 10.6 Å². The molecule has 0 saturated carbocycles. The number of allylic oxidation sites excluding steroid dienone is 1. The van der Waals surface area contributed by atoms with Gasteiger partial charge in [-0.1, -0.05) is 18.2 Å². The van der Waals surface area contributed by atoms with Crippen molar-refractivity contribution in [2.45, 2.75) is 6.42 Å². The third kappa shape index (κ3) is 1.54. The Labute approximate surface area is 115 Å². The number of anilines is 2. The normalized spacial score (nSPS) is 19.4. The molecule has 98 valence electrons. The van der Waals surface area contributed by atoms with E-state index in [4.69, 9.17) is 0 Å². The smallest absolute Gasteiger partial charge is 0.258 e. The summed E-state index contributed by atoms with van der Waals surface area (Å²) < 4.78 is 13.4. The molecule has 4 rings (SSSR count). The molecule has 0 aromatic heterocycles. The quantitative estimate of drug-likeness (QED) is 0.719. The van der Waals surface area contributed by atoms with E-state index in [-0.39, 0.29) is 11.7 Å². The first-order chi connectivity index (χ1) is 9.72. The van der Waals surface area contributed by atoms with Crippen LogP contribution in [0.3, 0.4) is 0 Å². The van der Waals surface area contributed by atoms with Crippen molar-refractivity contribution in [3.8, 4) is 0 Å². The molecule has 3 nitrogen and oxygen atoms in total. The molecule has 20 heavy (non-hydrogen) atoms. The van der Waals surface area contributed by atoms with Crippen molar-refractivity contribution < 1.29 is 9.18 Å². The fourth-order valence-electron chi connectivity index (χ4n) is 2.78. The van der Waals surface area contributed by atoms with E-state index in [0.29, 0.717) is 23.2 Å². The van der Waals surface area contributed by atoms with Gasteiger partial charge in [0.15, 0.2) is 0 Å². The zero-order chi connectivity index (χ0) is 13.7. The predicted octanol–water partition coefficient (Wildman–Crippen LogP) is 3.16. The lowest BCUT2D eigenvalue weighted by molar-refractivity contribution is -0.110. The first-order valence-electron chi connectivity index (χ1n) is 6.42. The zero-order valence-electron chi connectivity index (χ0n) is 10.5. The number of nitrogens with one attached hydrogen (secondary N) is 2. The van der Waals surface area contributed by atoms with E-state index >= 15 is 0 Å². The first-order valence-corrected chi connectivity index (χ1v) is 6.42. The third-order valence-electron chi connectivity index (χ3n) is 3.70. The number of rotatable bonds is 0. The summed E-state index contributed by atoms with van der Waals surface area (Å²) in [6, 6.07) is 12.3. The van der Waals surface area contributed by atoms with Crippen LogP contribution in [0, 0.1) is 5.82 Å².